The van der Waals surface area contributed by atoms with Crippen molar-refractivity contribution >= 4 is 21.6 Å². The summed E-state index contributed by atoms with van der Waals surface area (Å²) < 4.78 is 50.6. The summed E-state index contributed by atoms with van der Waals surface area (Å²) in [6.45, 7) is -0.947. The first-order chi connectivity index (χ1) is 9.45. The Balaban J connectivity index is 2.32. The second kappa shape index (κ2) is 6.37. The van der Waals surface area contributed by atoms with Crippen molar-refractivity contribution in [1.29, 1.82) is 0 Å². The minimum absolute atomic E-state index is 0.0170. The average Bonchev–Trinajstić information content (AvgIpc) is 2.84. The molecule has 20 heavy (non-hydrogen) atoms. The van der Waals surface area contributed by atoms with Gasteiger partial charge in [0.15, 0.2) is 0 Å². The molecule has 0 heterocycles. The number of aryl methyl sites for hydroxylation is 2. The van der Waals surface area contributed by atoms with E-state index in [1.54, 1.807) is 12.1 Å². The van der Waals surface area contributed by atoms with Crippen LogP contribution < -0.4 is 0 Å². The first-order valence-corrected chi connectivity index (χ1v) is 8.38. The average molecular weight is 324 g/mol. The van der Waals surface area contributed by atoms with Crippen LogP contribution in [0.1, 0.15) is 17.5 Å². The molecule has 7 heteroatoms. The van der Waals surface area contributed by atoms with Gasteiger partial charge in [0, 0.05) is 12.4 Å². The minimum Gasteiger partial charge on any atom is -0.209 e. The van der Waals surface area contributed by atoms with Crippen LogP contribution in [0.25, 0.3) is 0 Å². The SMILES string of the molecule is O=S(=O)(c1ccc2c(c1)CCC2)N(CCCl)CC(F)F. The molecular weight excluding hydrogens is 308 g/mol. The molecular formula is C13H16ClF2NO2S. The maximum atomic E-state index is 12.5. The predicted octanol–water partition coefficient (Wildman–Crippen LogP) is 2.67. The van der Waals surface area contributed by atoms with Crippen LogP contribution in [0.2, 0.25) is 0 Å². The highest BCUT2D eigenvalue weighted by Gasteiger charge is 2.27. The molecule has 0 saturated carbocycles. The zero-order valence-corrected chi connectivity index (χ0v) is 12.4. The zero-order valence-electron chi connectivity index (χ0n) is 10.9. The number of halogens is 3. The summed E-state index contributed by atoms with van der Waals surface area (Å²) in [7, 11) is -3.91. The van der Waals surface area contributed by atoms with Crippen molar-refractivity contribution in [1.82, 2.24) is 4.31 Å². The van der Waals surface area contributed by atoms with E-state index in [2.05, 4.69) is 0 Å². The molecule has 0 radical (unpaired) electrons. The Labute approximate surface area is 122 Å². The minimum atomic E-state index is -3.91. The third-order valence-corrected chi connectivity index (χ3v) is 5.41. The van der Waals surface area contributed by atoms with E-state index in [9.17, 15) is 17.2 Å². The molecule has 0 amide bonds. The van der Waals surface area contributed by atoms with Crippen molar-refractivity contribution in [3.05, 3.63) is 29.3 Å². The lowest BCUT2D eigenvalue weighted by Crippen LogP contribution is -2.36. The van der Waals surface area contributed by atoms with Crippen LogP contribution in [0, 0.1) is 0 Å². The third kappa shape index (κ3) is 3.30. The lowest BCUT2D eigenvalue weighted by Gasteiger charge is -2.21. The van der Waals surface area contributed by atoms with Crippen LogP contribution in [0.3, 0.4) is 0 Å². The number of nitrogens with zero attached hydrogens (tertiary/aromatic N) is 1. The fraction of sp³-hybridized carbons (Fsp3) is 0.538. The van der Waals surface area contributed by atoms with Gasteiger partial charge in [-0.1, -0.05) is 6.07 Å². The second-order valence-corrected chi connectivity index (χ2v) is 7.04. The maximum absolute atomic E-state index is 12.5. The summed E-state index contributed by atoms with van der Waals surface area (Å²) in [6, 6.07) is 4.87. The number of alkyl halides is 3. The summed E-state index contributed by atoms with van der Waals surface area (Å²) in [5, 5.41) is 0. The number of rotatable bonds is 6. The van der Waals surface area contributed by atoms with E-state index >= 15 is 0 Å². The van der Waals surface area contributed by atoms with Gasteiger partial charge in [0.25, 0.3) is 6.43 Å². The quantitative estimate of drug-likeness (QED) is 0.755. The normalized spacial score (nSPS) is 15.1. The van der Waals surface area contributed by atoms with Crippen molar-refractivity contribution in [3.8, 4) is 0 Å². The van der Waals surface area contributed by atoms with Crippen molar-refractivity contribution in [2.75, 3.05) is 19.0 Å². The first-order valence-electron chi connectivity index (χ1n) is 6.41. The van der Waals surface area contributed by atoms with Gasteiger partial charge >= 0.3 is 0 Å². The molecule has 1 aromatic carbocycles. The van der Waals surface area contributed by atoms with Crippen molar-refractivity contribution in [2.45, 2.75) is 30.6 Å². The van der Waals surface area contributed by atoms with Crippen molar-refractivity contribution in [3.63, 3.8) is 0 Å². The van der Waals surface area contributed by atoms with E-state index in [1.807, 2.05) is 0 Å². The highest BCUT2D eigenvalue weighted by molar-refractivity contribution is 7.89. The summed E-state index contributed by atoms with van der Waals surface area (Å²) in [5.41, 5.74) is 2.13. The Hall–Kier alpha value is -0.720. The van der Waals surface area contributed by atoms with E-state index < -0.39 is 23.0 Å². The van der Waals surface area contributed by atoms with Crippen LogP contribution in [-0.2, 0) is 22.9 Å². The molecule has 0 bridgehead atoms. The van der Waals surface area contributed by atoms with Crippen LogP contribution in [0.4, 0.5) is 8.78 Å². The third-order valence-electron chi connectivity index (χ3n) is 3.38. The Morgan fingerprint density at radius 1 is 1.25 bits per heavy atom. The van der Waals surface area contributed by atoms with Crippen LogP contribution in [0.15, 0.2) is 23.1 Å². The molecule has 1 aliphatic carbocycles. The first kappa shape index (κ1) is 15.7. The van der Waals surface area contributed by atoms with Gasteiger partial charge in [-0.05, 0) is 42.5 Å². The second-order valence-electron chi connectivity index (χ2n) is 4.73. The Morgan fingerprint density at radius 2 is 1.95 bits per heavy atom. The largest absolute Gasteiger partial charge is 0.252 e. The number of sulfonamides is 1. The van der Waals surface area contributed by atoms with E-state index in [0.29, 0.717) is 0 Å². The van der Waals surface area contributed by atoms with Crippen LogP contribution in [-0.4, -0.2) is 38.1 Å². The van der Waals surface area contributed by atoms with Crippen LogP contribution >= 0.6 is 11.6 Å². The van der Waals surface area contributed by atoms with Gasteiger partial charge in [0.2, 0.25) is 10.0 Å². The molecule has 1 aliphatic rings. The molecule has 0 aromatic heterocycles. The fourth-order valence-corrected chi connectivity index (χ4v) is 4.19. The zero-order chi connectivity index (χ0) is 14.8. The van der Waals surface area contributed by atoms with Gasteiger partial charge in [-0.25, -0.2) is 17.2 Å². The summed E-state index contributed by atoms with van der Waals surface area (Å²) in [5.74, 6) is -0.0170. The van der Waals surface area contributed by atoms with Crippen LogP contribution in [0.5, 0.6) is 0 Å². The van der Waals surface area contributed by atoms with Gasteiger partial charge in [0.1, 0.15) is 0 Å². The summed E-state index contributed by atoms with van der Waals surface area (Å²) in [4.78, 5) is 0.0731. The Morgan fingerprint density at radius 3 is 2.60 bits per heavy atom. The van der Waals surface area contributed by atoms with Crippen molar-refractivity contribution in [2.24, 2.45) is 0 Å². The lowest BCUT2D eigenvalue weighted by atomic mass is 10.1. The predicted molar refractivity (Wildman–Crippen MR) is 73.9 cm³/mol. The molecule has 0 N–H and O–H groups in total. The van der Waals surface area contributed by atoms with Gasteiger partial charge in [-0.3, -0.25) is 0 Å². The summed E-state index contributed by atoms with van der Waals surface area (Å²) in [6.07, 6.45) is 0.0602. The molecule has 0 fully saturated rings. The Kier molecular flexibility index (Phi) is 4.99. The molecule has 3 nitrogen and oxygen atoms in total. The molecule has 0 aliphatic heterocycles. The molecule has 0 atom stereocenters. The molecule has 0 spiro atoms. The molecule has 2 rings (SSSR count). The number of fused-ring (bicyclic) bond motifs is 1. The Bertz CT molecular complexity index is 578. The fourth-order valence-electron chi connectivity index (χ4n) is 2.42. The standard InChI is InChI=1S/C13H16ClF2NO2S/c14-6-7-17(9-13(15)16)20(18,19)12-5-4-10-2-1-3-11(10)8-12/h4-5,8,13H,1-3,6-7,9H2. The van der Waals surface area contributed by atoms with Gasteiger partial charge < -0.3 is 0 Å². The number of benzene rings is 1. The number of hydrogen-bond donors (Lipinski definition) is 0. The van der Waals surface area contributed by atoms with Gasteiger partial charge in [-0.2, -0.15) is 4.31 Å². The smallest absolute Gasteiger partial charge is 0.209 e. The molecule has 0 unspecified atom stereocenters. The van der Waals surface area contributed by atoms with E-state index in [-0.39, 0.29) is 17.3 Å². The molecule has 0 saturated heterocycles. The van der Waals surface area contributed by atoms with E-state index in [4.69, 9.17) is 11.6 Å². The van der Waals surface area contributed by atoms with E-state index in [1.165, 1.54) is 6.07 Å². The topological polar surface area (TPSA) is 37.4 Å². The monoisotopic (exact) mass is 323 g/mol. The van der Waals surface area contributed by atoms with E-state index in [0.717, 1.165) is 34.7 Å². The summed E-state index contributed by atoms with van der Waals surface area (Å²) >= 11 is 5.52. The number of hydrogen-bond acceptors (Lipinski definition) is 2. The highest BCUT2D eigenvalue weighted by Crippen LogP contribution is 2.26. The lowest BCUT2D eigenvalue weighted by molar-refractivity contribution is 0.121. The van der Waals surface area contributed by atoms with Crippen molar-refractivity contribution < 1.29 is 17.2 Å². The highest BCUT2D eigenvalue weighted by atomic mass is 35.5. The molecule has 112 valence electrons. The maximum Gasteiger partial charge on any atom is 0.252 e. The van der Waals surface area contributed by atoms with Gasteiger partial charge in [-0.15, -0.1) is 11.6 Å². The molecule has 1 aromatic rings. The van der Waals surface area contributed by atoms with Gasteiger partial charge in [0.05, 0.1) is 11.4 Å².